The lowest BCUT2D eigenvalue weighted by molar-refractivity contribution is -0.118. The minimum absolute atomic E-state index is 0.0345. The van der Waals surface area contributed by atoms with Crippen molar-refractivity contribution in [1.82, 2.24) is 10.2 Å². The third-order valence-electron chi connectivity index (χ3n) is 2.82. The first kappa shape index (κ1) is 13.6. The average molecular weight is 278 g/mol. The second-order valence-electron chi connectivity index (χ2n) is 4.73. The molecule has 19 heavy (non-hydrogen) atoms. The molecule has 4 nitrogen and oxygen atoms in total. The third kappa shape index (κ3) is 2.96. The normalized spacial score (nSPS) is 10.8. The van der Waals surface area contributed by atoms with Crippen LogP contribution in [0.2, 0.25) is 5.02 Å². The number of carbonyl (C=O) groups excluding carboxylic acids is 1. The molecular weight excluding hydrogens is 262 g/mol. The van der Waals surface area contributed by atoms with Crippen molar-refractivity contribution in [3.05, 3.63) is 35.0 Å². The summed E-state index contributed by atoms with van der Waals surface area (Å²) in [5, 5.41) is 10.7. The molecule has 0 saturated heterocycles. The Morgan fingerprint density at radius 3 is 2.79 bits per heavy atom. The number of hydrogen-bond acceptors (Lipinski definition) is 2. The number of H-pyrrole nitrogens is 1. The summed E-state index contributed by atoms with van der Waals surface area (Å²) in [7, 11) is 0. The smallest absolute Gasteiger partial charge is 0.227 e. The number of aromatic nitrogens is 2. The fourth-order valence-corrected chi connectivity index (χ4v) is 1.88. The van der Waals surface area contributed by atoms with Gasteiger partial charge in [-0.2, -0.15) is 5.10 Å². The number of amides is 1. The summed E-state index contributed by atoms with van der Waals surface area (Å²) in [6.07, 6.45) is 0. The van der Waals surface area contributed by atoms with E-state index in [1.807, 2.05) is 39.0 Å². The fourth-order valence-electron chi connectivity index (χ4n) is 1.69. The molecule has 1 amide bonds. The standard InChI is InChI=1S/C14H16ClN3O/c1-8(2)14(19)16-12-9(3)17-18-13(12)10-5-4-6-11(15)7-10/h4-8H,1-3H3,(H,16,19)(H,17,18). The largest absolute Gasteiger partial charge is 0.322 e. The van der Waals surface area contributed by atoms with Crippen molar-refractivity contribution in [2.75, 3.05) is 5.32 Å². The van der Waals surface area contributed by atoms with Gasteiger partial charge in [0.05, 0.1) is 11.4 Å². The van der Waals surface area contributed by atoms with Crippen LogP contribution in [-0.2, 0) is 4.79 Å². The molecule has 2 rings (SSSR count). The van der Waals surface area contributed by atoms with Crippen LogP contribution in [-0.4, -0.2) is 16.1 Å². The second-order valence-corrected chi connectivity index (χ2v) is 5.16. The molecule has 1 aromatic heterocycles. The van der Waals surface area contributed by atoms with Crippen LogP contribution in [0.15, 0.2) is 24.3 Å². The van der Waals surface area contributed by atoms with E-state index in [0.29, 0.717) is 16.4 Å². The van der Waals surface area contributed by atoms with Gasteiger partial charge in [0.1, 0.15) is 5.69 Å². The van der Waals surface area contributed by atoms with E-state index in [0.717, 1.165) is 11.3 Å². The van der Waals surface area contributed by atoms with Gasteiger partial charge in [-0.05, 0) is 19.1 Å². The minimum Gasteiger partial charge on any atom is -0.322 e. The van der Waals surface area contributed by atoms with Crippen molar-refractivity contribution in [2.24, 2.45) is 5.92 Å². The first-order chi connectivity index (χ1) is 8.99. The first-order valence-corrected chi connectivity index (χ1v) is 6.48. The van der Waals surface area contributed by atoms with Gasteiger partial charge in [0.25, 0.3) is 0 Å². The lowest BCUT2D eigenvalue weighted by Gasteiger charge is -2.09. The maximum absolute atomic E-state index is 11.8. The van der Waals surface area contributed by atoms with E-state index in [9.17, 15) is 4.79 Å². The summed E-state index contributed by atoms with van der Waals surface area (Å²) in [5.74, 6) is -0.116. The molecule has 0 spiro atoms. The van der Waals surface area contributed by atoms with Crippen molar-refractivity contribution in [2.45, 2.75) is 20.8 Å². The monoisotopic (exact) mass is 277 g/mol. The molecule has 1 aromatic carbocycles. The highest BCUT2D eigenvalue weighted by molar-refractivity contribution is 6.30. The minimum atomic E-state index is -0.0819. The van der Waals surface area contributed by atoms with E-state index in [4.69, 9.17) is 11.6 Å². The number of nitrogens with one attached hydrogen (secondary N) is 2. The molecule has 0 aliphatic heterocycles. The van der Waals surface area contributed by atoms with Crippen LogP contribution in [0.4, 0.5) is 5.69 Å². The zero-order valence-corrected chi connectivity index (χ0v) is 11.9. The molecular formula is C14H16ClN3O. The molecule has 2 aromatic rings. The van der Waals surface area contributed by atoms with Gasteiger partial charge in [-0.3, -0.25) is 9.89 Å². The van der Waals surface area contributed by atoms with E-state index >= 15 is 0 Å². The maximum Gasteiger partial charge on any atom is 0.227 e. The number of halogens is 1. The van der Waals surface area contributed by atoms with E-state index in [2.05, 4.69) is 15.5 Å². The molecule has 0 atom stereocenters. The van der Waals surface area contributed by atoms with E-state index in [1.165, 1.54) is 0 Å². The Bertz CT molecular complexity index is 604. The molecule has 0 radical (unpaired) electrons. The molecule has 0 fully saturated rings. The van der Waals surface area contributed by atoms with Gasteiger partial charge in [0, 0.05) is 16.5 Å². The third-order valence-corrected chi connectivity index (χ3v) is 3.05. The summed E-state index contributed by atoms with van der Waals surface area (Å²) in [6, 6.07) is 7.39. The number of aryl methyl sites for hydroxylation is 1. The topological polar surface area (TPSA) is 57.8 Å². The lowest BCUT2D eigenvalue weighted by Crippen LogP contribution is -2.18. The van der Waals surface area contributed by atoms with Crippen molar-refractivity contribution in [3.8, 4) is 11.3 Å². The van der Waals surface area contributed by atoms with E-state index in [-0.39, 0.29) is 11.8 Å². The van der Waals surface area contributed by atoms with Crippen LogP contribution in [0.5, 0.6) is 0 Å². The zero-order valence-electron chi connectivity index (χ0n) is 11.1. The number of nitrogens with zero attached hydrogens (tertiary/aromatic N) is 1. The van der Waals surface area contributed by atoms with Gasteiger partial charge in [-0.25, -0.2) is 0 Å². The molecule has 2 N–H and O–H groups in total. The summed E-state index contributed by atoms with van der Waals surface area (Å²) < 4.78 is 0. The molecule has 0 saturated carbocycles. The van der Waals surface area contributed by atoms with Crippen molar-refractivity contribution in [1.29, 1.82) is 0 Å². The summed E-state index contributed by atoms with van der Waals surface area (Å²) in [4.78, 5) is 11.8. The van der Waals surface area contributed by atoms with Crippen LogP contribution in [0, 0.1) is 12.8 Å². The predicted molar refractivity (Wildman–Crippen MR) is 77.2 cm³/mol. The lowest BCUT2D eigenvalue weighted by atomic mass is 10.1. The Balaban J connectivity index is 2.40. The van der Waals surface area contributed by atoms with Gasteiger partial charge in [0.2, 0.25) is 5.91 Å². The van der Waals surface area contributed by atoms with Crippen molar-refractivity contribution in [3.63, 3.8) is 0 Å². The van der Waals surface area contributed by atoms with Crippen LogP contribution < -0.4 is 5.32 Å². The Labute approximate surface area is 117 Å². The van der Waals surface area contributed by atoms with Crippen LogP contribution >= 0.6 is 11.6 Å². The fraction of sp³-hybridized carbons (Fsp3) is 0.286. The molecule has 1 heterocycles. The number of rotatable bonds is 3. The highest BCUT2D eigenvalue weighted by atomic mass is 35.5. The Kier molecular flexibility index (Phi) is 3.90. The van der Waals surface area contributed by atoms with Crippen molar-refractivity contribution < 1.29 is 4.79 Å². The Morgan fingerprint density at radius 1 is 1.42 bits per heavy atom. The van der Waals surface area contributed by atoms with E-state index in [1.54, 1.807) is 6.07 Å². The summed E-state index contributed by atoms with van der Waals surface area (Å²) in [5.41, 5.74) is 3.11. The highest BCUT2D eigenvalue weighted by Gasteiger charge is 2.16. The van der Waals surface area contributed by atoms with Gasteiger partial charge < -0.3 is 5.32 Å². The van der Waals surface area contributed by atoms with Gasteiger partial charge >= 0.3 is 0 Å². The molecule has 0 aliphatic rings. The van der Waals surface area contributed by atoms with Crippen LogP contribution in [0.3, 0.4) is 0 Å². The zero-order chi connectivity index (χ0) is 14.0. The number of aromatic amines is 1. The maximum atomic E-state index is 11.8. The SMILES string of the molecule is Cc1[nH]nc(-c2cccc(Cl)c2)c1NC(=O)C(C)C. The first-order valence-electron chi connectivity index (χ1n) is 6.11. The number of hydrogen-bond donors (Lipinski definition) is 2. The van der Waals surface area contributed by atoms with Crippen molar-refractivity contribution >= 4 is 23.2 Å². The number of carbonyl (C=O) groups is 1. The quantitative estimate of drug-likeness (QED) is 0.900. The van der Waals surface area contributed by atoms with Gasteiger partial charge in [0.15, 0.2) is 0 Å². The highest BCUT2D eigenvalue weighted by Crippen LogP contribution is 2.30. The van der Waals surface area contributed by atoms with Gasteiger partial charge in [-0.15, -0.1) is 0 Å². The molecule has 0 aliphatic carbocycles. The molecule has 0 unspecified atom stereocenters. The molecule has 0 bridgehead atoms. The van der Waals surface area contributed by atoms with E-state index < -0.39 is 0 Å². The Morgan fingerprint density at radius 2 is 2.16 bits per heavy atom. The number of benzene rings is 1. The molecule has 100 valence electrons. The Hall–Kier alpha value is -1.81. The average Bonchev–Trinajstić information content (AvgIpc) is 2.71. The van der Waals surface area contributed by atoms with Crippen LogP contribution in [0.25, 0.3) is 11.3 Å². The predicted octanol–water partition coefficient (Wildman–Crippen LogP) is 3.63. The van der Waals surface area contributed by atoms with Crippen LogP contribution in [0.1, 0.15) is 19.5 Å². The summed E-state index contributed by atoms with van der Waals surface area (Å²) in [6.45, 7) is 5.57. The van der Waals surface area contributed by atoms with Gasteiger partial charge in [-0.1, -0.05) is 37.6 Å². The summed E-state index contributed by atoms with van der Waals surface area (Å²) >= 11 is 5.98. The molecule has 5 heteroatoms. The second kappa shape index (κ2) is 5.45. The number of anilines is 1.